The molecular formula is C12H24N3O2+. The fourth-order valence-corrected chi connectivity index (χ4v) is 2.07. The quantitative estimate of drug-likeness (QED) is 0.561. The molecule has 5 heteroatoms. The largest absolute Gasteiger partial charge is 0.352 e. The molecule has 0 aromatic heterocycles. The smallest absolute Gasteiger partial charge is 0.275 e. The SMILES string of the molecule is CC(C)NC(=O)CNC(=O)C[NH+]1CCCCC1. The van der Waals surface area contributed by atoms with E-state index in [1.165, 1.54) is 24.2 Å². The molecule has 98 valence electrons. The van der Waals surface area contributed by atoms with E-state index in [1.54, 1.807) is 0 Å². The second kappa shape index (κ2) is 7.27. The molecule has 1 aliphatic heterocycles. The highest BCUT2D eigenvalue weighted by Gasteiger charge is 2.17. The average molecular weight is 242 g/mol. The van der Waals surface area contributed by atoms with Crippen molar-refractivity contribution in [1.29, 1.82) is 0 Å². The molecule has 0 saturated carbocycles. The van der Waals surface area contributed by atoms with Gasteiger partial charge in [0.25, 0.3) is 5.91 Å². The molecule has 1 aliphatic rings. The van der Waals surface area contributed by atoms with Crippen molar-refractivity contribution < 1.29 is 14.5 Å². The number of carbonyl (C=O) groups is 2. The number of quaternary nitrogens is 1. The van der Waals surface area contributed by atoms with Gasteiger partial charge in [0.15, 0.2) is 6.54 Å². The molecule has 1 fully saturated rings. The zero-order valence-electron chi connectivity index (χ0n) is 10.8. The molecule has 0 radical (unpaired) electrons. The predicted molar refractivity (Wildman–Crippen MR) is 65.7 cm³/mol. The summed E-state index contributed by atoms with van der Waals surface area (Å²) in [5.41, 5.74) is 0. The normalized spacial score (nSPS) is 16.9. The fraction of sp³-hybridized carbons (Fsp3) is 0.833. The van der Waals surface area contributed by atoms with E-state index in [2.05, 4.69) is 10.6 Å². The van der Waals surface area contributed by atoms with E-state index in [4.69, 9.17) is 0 Å². The molecule has 3 N–H and O–H groups in total. The van der Waals surface area contributed by atoms with Crippen LogP contribution in [0.1, 0.15) is 33.1 Å². The number of nitrogens with one attached hydrogen (secondary N) is 3. The fourth-order valence-electron chi connectivity index (χ4n) is 2.07. The molecule has 0 aliphatic carbocycles. The van der Waals surface area contributed by atoms with E-state index in [1.807, 2.05) is 13.8 Å². The Balaban J connectivity index is 2.14. The van der Waals surface area contributed by atoms with Gasteiger partial charge in [-0.2, -0.15) is 0 Å². The lowest BCUT2D eigenvalue weighted by atomic mass is 10.1. The number of amides is 2. The summed E-state index contributed by atoms with van der Waals surface area (Å²) in [4.78, 5) is 24.2. The van der Waals surface area contributed by atoms with Crippen molar-refractivity contribution in [3.05, 3.63) is 0 Å². The Morgan fingerprint density at radius 3 is 2.35 bits per heavy atom. The average Bonchev–Trinajstić information content (AvgIpc) is 2.27. The topological polar surface area (TPSA) is 62.6 Å². The Kier molecular flexibility index (Phi) is 5.97. The summed E-state index contributed by atoms with van der Waals surface area (Å²) in [7, 11) is 0. The van der Waals surface area contributed by atoms with Crippen LogP contribution in [0.25, 0.3) is 0 Å². The number of hydrogen-bond acceptors (Lipinski definition) is 2. The van der Waals surface area contributed by atoms with Gasteiger partial charge in [0.2, 0.25) is 5.91 Å². The molecule has 1 heterocycles. The van der Waals surface area contributed by atoms with Crippen molar-refractivity contribution in [1.82, 2.24) is 10.6 Å². The van der Waals surface area contributed by atoms with Crippen LogP contribution in [-0.2, 0) is 9.59 Å². The summed E-state index contributed by atoms with van der Waals surface area (Å²) >= 11 is 0. The van der Waals surface area contributed by atoms with Crippen molar-refractivity contribution in [2.75, 3.05) is 26.2 Å². The maximum absolute atomic E-state index is 11.6. The van der Waals surface area contributed by atoms with Crippen LogP contribution in [0.15, 0.2) is 0 Å². The molecule has 0 bridgehead atoms. The zero-order chi connectivity index (χ0) is 12.7. The number of carbonyl (C=O) groups excluding carboxylic acids is 2. The lowest BCUT2D eigenvalue weighted by Gasteiger charge is -2.22. The molecule has 0 spiro atoms. The number of likely N-dealkylation sites (tertiary alicyclic amines) is 1. The van der Waals surface area contributed by atoms with Crippen LogP contribution in [-0.4, -0.2) is 44.0 Å². The van der Waals surface area contributed by atoms with Crippen LogP contribution in [0, 0.1) is 0 Å². The van der Waals surface area contributed by atoms with Crippen LogP contribution in [0.2, 0.25) is 0 Å². The third-order valence-electron chi connectivity index (χ3n) is 2.87. The minimum atomic E-state index is -0.123. The first-order valence-corrected chi connectivity index (χ1v) is 6.47. The van der Waals surface area contributed by atoms with Crippen LogP contribution >= 0.6 is 0 Å². The predicted octanol–water partition coefficient (Wildman–Crippen LogP) is -1.30. The monoisotopic (exact) mass is 242 g/mol. The summed E-state index contributed by atoms with van der Waals surface area (Å²) < 4.78 is 0. The second-order valence-electron chi connectivity index (χ2n) is 4.99. The first-order chi connectivity index (χ1) is 8.08. The molecular weight excluding hydrogens is 218 g/mol. The summed E-state index contributed by atoms with van der Waals surface area (Å²) in [6.45, 7) is 6.53. The minimum Gasteiger partial charge on any atom is -0.352 e. The van der Waals surface area contributed by atoms with Gasteiger partial charge in [0.05, 0.1) is 19.6 Å². The molecule has 0 aromatic rings. The first kappa shape index (κ1) is 14.0. The Hall–Kier alpha value is -1.10. The van der Waals surface area contributed by atoms with Gasteiger partial charge in [-0.05, 0) is 33.1 Å². The van der Waals surface area contributed by atoms with Crippen molar-refractivity contribution in [2.45, 2.75) is 39.2 Å². The van der Waals surface area contributed by atoms with Gasteiger partial charge in [-0.3, -0.25) is 9.59 Å². The molecule has 0 aromatic carbocycles. The Bertz CT molecular complexity index is 260. The van der Waals surface area contributed by atoms with Crippen molar-refractivity contribution in [2.24, 2.45) is 0 Å². The maximum Gasteiger partial charge on any atom is 0.275 e. The lowest BCUT2D eigenvalue weighted by Crippen LogP contribution is -3.13. The summed E-state index contributed by atoms with van der Waals surface area (Å²) in [6.07, 6.45) is 3.69. The van der Waals surface area contributed by atoms with Gasteiger partial charge in [-0.15, -0.1) is 0 Å². The summed E-state index contributed by atoms with van der Waals surface area (Å²) in [5, 5.41) is 5.40. The van der Waals surface area contributed by atoms with Gasteiger partial charge in [-0.25, -0.2) is 0 Å². The lowest BCUT2D eigenvalue weighted by molar-refractivity contribution is -0.896. The number of hydrogen-bond donors (Lipinski definition) is 3. The highest BCUT2D eigenvalue weighted by molar-refractivity contribution is 5.85. The van der Waals surface area contributed by atoms with Gasteiger partial charge in [-0.1, -0.05) is 0 Å². The van der Waals surface area contributed by atoms with Crippen LogP contribution < -0.4 is 15.5 Å². The zero-order valence-corrected chi connectivity index (χ0v) is 10.8. The molecule has 17 heavy (non-hydrogen) atoms. The molecule has 1 saturated heterocycles. The molecule has 2 amide bonds. The Morgan fingerprint density at radius 2 is 1.76 bits per heavy atom. The van der Waals surface area contributed by atoms with E-state index in [9.17, 15) is 9.59 Å². The highest BCUT2D eigenvalue weighted by atomic mass is 16.2. The Morgan fingerprint density at radius 1 is 1.12 bits per heavy atom. The number of rotatable bonds is 5. The number of piperidine rings is 1. The Labute approximate surface area is 103 Å². The van der Waals surface area contributed by atoms with E-state index >= 15 is 0 Å². The van der Waals surface area contributed by atoms with Crippen molar-refractivity contribution >= 4 is 11.8 Å². The van der Waals surface area contributed by atoms with Gasteiger partial charge in [0.1, 0.15) is 0 Å². The van der Waals surface area contributed by atoms with Crippen molar-refractivity contribution in [3.63, 3.8) is 0 Å². The third kappa shape index (κ3) is 6.26. The first-order valence-electron chi connectivity index (χ1n) is 6.47. The van der Waals surface area contributed by atoms with Gasteiger partial charge >= 0.3 is 0 Å². The van der Waals surface area contributed by atoms with E-state index in [0.29, 0.717) is 6.54 Å². The van der Waals surface area contributed by atoms with E-state index in [-0.39, 0.29) is 24.4 Å². The van der Waals surface area contributed by atoms with Crippen molar-refractivity contribution in [3.8, 4) is 0 Å². The summed E-state index contributed by atoms with van der Waals surface area (Å²) in [5.74, 6) is -0.150. The van der Waals surface area contributed by atoms with Crippen LogP contribution in [0.5, 0.6) is 0 Å². The highest BCUT2D eigenvalue weighted by Crippen LogP contribution is 1.93. The molecule has 0 atom stereocenters. The van der Waals surface area contributed by atoms with Gasteiger partial charge < -0.3 is 15.5 Å². The van der Waals surface area contributed by atoms with Gasteiger partial charge in [0, 0.05) is 6.04 Å². The minimum absolute atomic E-state index is 0.0270. The van der Waals surface area contributed by atoms with E-state index in [0.717, 1.165) is 13.1 Å². The van der Waals surface area contributed by atoms with Crippen LogP contribution in [0.3, 0.4) is 0 Å². The summed E-state index contributed by atoms with van der Waals surface area (Å²) in [6, 6.07) is 0.118. The standard InChI is InChI=1S/C12H23N3O2/c1-10(2)14-11(16)8-13-12(17)9-15-6-4-3-5-7-15/h10H,3-9H2,1-2H3,(H,13,17)(H,14,16)/p+1. The van der Waals surface area contributed by atoms with E-state index < -0.39 is 0 Å². The third-order valence-corrected chi connectivity index (χ3v) is 2.87. The second-order valence-corrected chi connectivity index (χ2v) is 4.99. The van der Waals surface area contributed by atoms with Crippen LogP contribution in [0.4, 0.5) is 0 Å². The molecule has 1 rings (SSSR count). The molecule has 5 nitrogen and oxygen atoms in total. The maximum atomic E-state index is 11.6. The molecule has 0 unspecified atom stereocenters.